The molecule has 0 saturated carbocycles. The summed E-state index contributed by atoms with van der Waals surface area (Å²) < 4.78 is 1.70. The lowest BCUT2D eigenvalue weighted by Crippen LogP contribution is -2.42. The Hall–Kier alpha value is -2.87. The van der Waals surface area contributed by atoms with Gasteiger partial charge >= 0.3 is 12.0 Å². The molecule has 0 aliphatic heterocycles. The van der Waals surface area contributed by atoms with E-state index in [4.69, 9.17) is 5.11 Å². The molecule has 2 aromatic rings. The van der Waals surface area contributed by atoms with Crippen molar-refractivity contribution >= 4 is 12.0 Å². The summed E-state index contributed by atoms with van der Waals surface area (Å²) in [5, 5.41) is 25.9. The largest absolute Gasteiger partial charge is 0.481 e. The first kappa shape index (κ1) is 19.5. The number of aromatic nitrogens is 2. The number of hydrogen-bond donors (Lipinski definition) is 3. The number of carbonyl (C=O) groups is 2. The molecular formula is C18H24N4O4. The highest BCUT2D eigenvalue weighted by atomic mass is 16.4. The van der Waals surface area contributed by atoms with Crippen LogP contribution in [0.2, 0.25) is 0 Å². The highest BCUT2D eigenvalue weighted by Crippen LogP contribution is 2.15. The average Bonchev–Trinajstić information content (AvgIpc) is 3.11. The molecule has 8 nitrogen and oxygen atoms in total. The van der Waals surface area contributed by atoms with Crippen LogP contribution in [-0.4, -0.2) is 50.0 Å². The maximum absolute atomic E-state index is 12.4. The summed E-state index contributed by atoms with van der Waals surface area (Å²) in [4.78, 5) is 24.5. The van der Waals surface area contributed by atoms with Gasteiger partial charge in [-0.05, 0) is 12.5 Å². The van der Waals surface area contributed by atoms with Gasteiger partial charge in [-0.2, -0.15) is 5.10 Å². The van der Waals surface area contributed by atoms with E-state index in [-0.39, 0.29) is 19.5 Å². The fraction of sp³-hybridized carbons (Fsp3) is 0.389. The van der Waals surface area contributed by atoms with Crippen molar-refractivity contribution in [1.29, 1.82) is 0 Å². The van der Waals surface area contributed by atoms with Crippen molar-refractivity contribution < 1.29 is 19.8 Å². The number of hydrogen-bond acceptors (Lipinski definition) is 4. The minimum Gasteiger partial charge on any atom is -0.481 e. The fourth-order valence-corrected chi connectivity index (χ4v) is 2.45. The lowest BCUT2D eigenvalue weighted by molar-refractivity contribution is -0.136. The van der Waals surface area contributed by atoms with Gasteiger partial charge in [-0.3, -0.25) is 9.48 Å². The van der Waals surface area contributed by atoms with Crippen LogP contribution in [0.25, 0.3) is 0 Å². The van der Waals surface area contributed by atoms with Crippen molar-refractivity contribution in [3.8, 4) is 0 Å². The predicted octanol–water partition coefficient (Wildman–Crippen LogP) is 1.62. The molecule has 0 spiro atoms. The van der Waals surface area contributed by atoms with Gasteiger partial charge < -0.3 is 20.4 Å². The van der Waals surface area contributed by atoms with Gasteiger partial charge in [0.15, 0.2) is 0 Å². The fourth-order valence-electron chi connectivity index (χ4n) is 2.45. The molecule has 2 amide bonds. The van der Waals surface area contributed by atoms with E-state index in [1.807, 2.05) is 37.3 Å². The minimum absolute atomic E-state index is 0.0311. The van der Waals surface area contributed by atoms with Gasteiger partial charge in [0.25, 0.3) is 0 Å². The molecule has 1 unspecified atom stereocenters. The third kappa shape index (κ3) is 5.89. The van der Waals surface area contributed by atoms with Crippen LogP contribution in [0.5, 0.6) is 0 Å². The summed E-state index contributed by atoms with van der Waals surface area (Å²) >= 11 is 0. The molecule has 26 heavy (non-hydrogen) atoms. The zero-order valence-electron chi connectivity index (χ0n) is 14.7. The lowest BCUT2D eigenvalue weighted by atomic mass is 10.1. The van der Waals surface area contributed by atoms with Crippen LogP contribution in [-0.2, 0) is 17.9 Å². The quantitative estimate of drug-likeness (QED) is 0.630. The first-order chi connectivity index (χ1) is 12.5. The van der Waals surface area contributed by atoms with E-state index in [0.29, 0.717) is 18.7 Å². The summed E-state index contributed by atoms with van der Waals surface area (Å²) in [6, 6.07) is 8.99. The molecular weight excluding hydrogens is 336 g/mol. The minimum atomic E-state index is -0.980. The number of nitrogens with one attached hydrogen (secondary N) is 1. The molecule has 0 aliphatic rings. The average molecular weight is 360 g/mol. The van der Waals surface area contributed by atoms with E-state index in [9.17, 15) is 14.7 Å². The highest BCUT2D eigenvalue weighted by Gasteiger charge is 2.20. The summed E-state index contributed by atoms with van der Waals surface area (Å²) in [5.41, 5.74) is 1.54. The number of urea groups is 1. The van der Waals surface area contributed by atoms with Crippen molar-refractivity contribution in [3.63, 3.8) is 0 Å². The lowest BCUT2D eigenvalue weighted by Gasteiger charge is -2.25. The van der Waals surface area contributed by atoms with E-state index in [1.165, 1.54) is 4.90 Å². The van der Waals surface area contributed by atoms with Gasteiger partial charge in [0.2, 0.25) is 0 Å². The standard InChI is InChI=1S/C18H24N4O4/c1-2-22-12-15(10-20-22)16(23)13-21(11-14-6-4-3-5-7-14)18(26)19-9-8-17(24)25/h3-7,10,12,16,23H,2,8-9,11,13H2,1H3,(H,19,26)(H,24,25). The van der Waals surface area contributed by atoms with Crippen molar-refractivity contribution in [2.45, 2.75) is 32.5 Å². The number of benzene rings is 1. The zero-order chi connectivity index (χ0) is 18.9. The van der Waals surface area contributed by atoms with Crippen LogP contribution in [0.3, 0.4) is 0 Å². The van der Waals surface area contributed by atoms with Crippen LogP contribution >= 0.6 is 0 Å². The maximum Gasteiger partial charge on any atom is 0.317 e. The maximum atomic E-state index is 12.4. The van der Waals surface area contributed by atoms with Gasteiger partial charge in [-0.25, -0.2) is 4.79 Å². The number of aryl methyl sites for hydroxylation is 1. The van der Waals surface area contributed by atoms with Gasteiger partial charge in [0.1, 0.15) is 0 Å². The van der Waals surface area contributed by atoms with Gasteiger partial charge in [0.05, 0.1) is 25.3 Å². The molecule has 0 saturated heterocycles. The van der Waals surface area contributed by atoms with Crippen LogP contribution in [0.1, 0.15) is 30.6 Å². The summed E-state index contributed by atoms with van der Waals surface area (Å²) in [5.74, 6) is -0.980. The number of nitrogens with zero attached hydrogens (tertiary/aromatic N) is 3. The number of aliphatic hydroxyl groups excluding tert-OH is 1. The van der Waals surface area contributed by atoms with E-state index < -0.39 is 18.1 Å². The predicted molar refractivity (Wildman–Crippen MR) is 95.4 cm³/mol. The Morgan fingerprint density at radius 2 is 2.04 bits per heavy atom. The summed E-state index contributed by atoms with van der Waals surface area (Å²) in [6.45, 7) is 3.04. The van der Waals surface area contributed by atoms with Crippen LogP contribution < -0.4 is 5.32 Å². The molecule has 1 heterocycles. The third-order valence-corrected chi connectivity index (χ3v) is 3.87. The molecule has 1 aromatic heterocycles. The molecule has 3 N–H and O–H groups in total. The number of carboxylic acid groups (broad SMARTS) is 1. The second-order valence-electron chi connectivity index (χ2n) is 5.89. The van der Waals surface area contributed by atoms with Crippen LogP contribution in [0.15, 0.2) is 42.7 Å². The molecule has 1 atom stereocenters. The van der Waals surface area contributed by atoms with Gasteiger partial charge in [0, 0.05) is 31.4 Å². The molecule has 8 heteroatoms. The summed E-state index contributed by atoms with van der Waals surface area (Å²) in [7, 11) is 0. The van der Waals surface area contributed by atoms with Crippen molar-refractivity contribution in [2.75, 3.05) is 13.1 Å². The van der Waals surface area contributed by atoms with E-state index >= 15 is 0 Å². The van der Waals surface area contributed by atoms with Crippen molar-refractivity contribution in [1.82, 2.24) is 20.0 Å². The number of rotatable bonds is 9. The first-order valence-electron chi connectivity index (χ1n) is 8.48. The molecule has 0 fully saturated rings. The number of aliphatic hydroxyl groups is 1. The van der Waals surface area contributed by atoms with E-state index in [1.54, 1.807) is 17.1 Å². The van der Waals surface area contributed by atoms with E-state index in [0.717, 1.165) is 5.56 Å². The van der Waals surface area contributed by atoms with Crippen molar-refractivity contribution in [2.24, 2.45) is 0 Å². The SMILES string of the molecule is CCn1cc(C(O)CN(Cc2ccccc2)C(=O)NCCC(=O)O)cn1. The molecule has 0 radical (unpaired) electrons. The second-order valence-corrected chi connectivity index (χ2v) is 5.89. The molecule has 1 aromatic carbocycles. The van der Waals surface area contributed by atoms with Crippen molar-refractivity contribution in [3.05, 3.63) is 53.9 Å². The number of carboxylic acids is 1. The Morgan fingerprint density at radius 3 is 2.65 bits per heavy atom. The van der Waals surface area contributed by atoms with Crippen LogP contribution in [0, 0.1) is 0 Å². The topological polar surface area (TPSA) is 108 Å². The Morgan fingerprint density at radius 1 is 1.31 bits per heavy atom. The number of aliphatic carboxylic acids is 1. The Balaban J connectivity index is 2.05. The monoisotopic (exact) mass is 360 g/mol. The van der Waals surface area contributed by atoms with Gasteiger partial charge in [-0.15, -0.1) is 0 Å². The van der Waals surface area contributed by atoms with E-state index in [2.05, 4.69) is 10.4 Å². The Kier molecular flexibility index (Phi) is 7.16. The van der Waals surface area contributed by atoms with Crippen LogP contribution in [0.4, 0.5) is 4.79 Å². The summed E-state index contributed by atoms with van der Waals surface area (Å²) in [6.07, 6.45) is 2.28. The second kappa shape index (κ2) is 9.57. The number of carbonyl (C=O) groups excluding carboxylic acids is 1. The Labute approximate surface area is 152 Å². The highest BCUT2D eigenvalue weighted by molar-refractivity contribution is 5.75. The smallest absolute Gasteiger partial charge is 0.317 e. The molecule has 0 bridgehead atoms. The molecule has 0 aliphatic carbocycles. The first-order valence-corrected chi connectivity index (χ1v) is 8.48. The third-order valence-electron chi connectivity index (χ3n) is 3.87. The zero-order valence-corrected chi connectivity index (χ0v) is 14.7. The number of amides is 2. The Bertz CT molecular complexity index is 717. The normalized spacial score (nSPS) is 11.8. The molecule has 140 valence electrons. The molecule has 2 rings (SSSR count). The van der Waals surface area contributed by atoms with Gasteiger partial charge in [-0.1, -0.05) is 30.3 Å².